The number of methoxy groups -OCH3 is 1. The number of carbonyl (C=O) groups excluding carboxylic acids is 1. The number of rotatable bonds is 8. The average molecular weight is 577 g/mol. The predicted octanol–water partition coefficient (Wildman–Crippen LogP) is 5.56. The number of carbonyl (C=O) groups is 2. The molecule has 3 heterocycles. The molecule has 8 heteroatoms. The lowest BCUT2D eigenvalue weighted by molar-refractivity contribution is -0.155. The third kappa shape index (κ3) is 5.62. The number of ether oxygens (including phenoxy) is 1. The minimum atomic E-state index is -0.951. The van der Waals surface area contributed by atoms with Gasteiger partial charge in [0.2, 0.25) is 5.91 Å². The Morgan fingerprint density at radius 3 is 2.31 bits per heavy atom. The van der Waals surface area contributed by atoms with Crippen LogP contribution in [-0.4, -0.2) is 59.1 Å². The number of carboxylic acids is 1. The fourth-order valence-electron chi connectivity index (χ4n) is 6.96. The predicted molar refractivity (Wildman–Crippen MR) is 165 cm³/mol. The lowest BCUT2D eigenvalue weighted by Crippen LogP contribution is -2.50. The summed E-state index contributed by atoms with van der Waals surface area (Å²) in [7, 11) is 1.68. The van der Waals surface area contributed by atoms with E-state index in [2.05, 4.69) is 63.9 Å². The first kappa shape index (κ1) is 30.3. The van der Waals surface area contributed by atoms with Gasteiger partial charge < -0.3 is 25.0 Å². The van der Waals surface area contributed by atoms with Gasteiger partial charge in [-0.1, -0.05) is 66.2 Å². The first-order valence-electron chi connectivity index (χ1n) is 15.5. The van der Waals surface area contributed by atoms with Crippen LogP contribution in [0.4, 0.5) is 5.82 Å². The highest BCUT2D eigenvalue weighted by Crippen LogP contribution is 2.51. The van der Waals surface area contributed by atoms with E-state index in [-0.39, 0.29) is 29.2 Å². The SMILES string of the molecule is COc1ccc(C(C)(C)C)cc1CN[C@H]1[C@H](C(C)(C)C)[C@@H](C(=O)O)N(C(=O)C2CCC2)[C@H]1c1cccnc1N1CCC1. The number of hydrogen-bond acceptors (Lipinski definition) is 6. The molecule has 8 nitrogen and oxygen atoms in total. The molecule has 0 radical (unpaired) electrons. The lowest BCUT2D eigenvalue weighted by atomic mass is 9.72. The van der Waals surface area contributed by atoms with Gasteiger partial charge in [-0.2, -0.15) is 0 Å². The normalized spacial score (nSPS) is 24.7. The van der Waals surface area contributed by atoms with E-state index in [0.29, 0.717) is 6.54 Å². The molecule has 3 fully saturated rings. The summed E-state index contributed by atoms with van der Waals surface area (Å²) in [6.45, 7) is 15.2. The smallest absolute Gasteiger partial charge is 0.326 e. The summed E-state index contributed by atoms with van der Waals surface area (Å²) >= 11 is 0. The first-order chi connectivity index (χ1) is 19.8. The molecule has 3 aliphatic rings. The minimum Gasteiger partial charge on any atom is -0.496 e. The van der Waals surface area contributed by atoms with Crippen molar-refractivity contribution in [2.24, 2.45) is 17.3 Å². The number of likely N-dealkylation sites (tertiary alicyclic amines) is 1. The molecule has 2 N–H and O–H groups in total. The van der Waals surface area contributed by atoms with Gasteiger partial charge in [0, 0.05) is 54.8 Å². The largest absolute Gasteiger partial charge is 0.496 e. The average Bonchev–Trinajstić information content (AvgIpc) is 3.21. The number of nitrogens with one attached hydrogen (secondary N) is 1. The van der Waals surface area contributed by atoms with Gasteiger partial charge in [0.05, 0.1) is 13.2 Å². The van der Waals surface area contributed by atoms with Crippen LogP contribution in [0.15, 0.2) is 36.5 Å². The van der Waals surface area contributed by atoms with Crippen molar-refractivity contribution in [2.45, 2.75) is 97.3 Å². The number of carboxylic acid groups (broad SMARTS) is 1. The quantitative estimate of drug-likeness (QED) is 0.425. The lowest BCUT2D eigenvalue weighted by Gasteiger charge is -2.39. The van der Waals surface area contributed by atoms with Crippen molar-refractivity contribution in [3.8, 4) is 5.75 Å². The van der Waals surface area contributed by atoms with Crippen LogP contribution in [0.3, 0.4) is 0 Å². The topological polar surface area (TPSA) is 95.0 Å². The second-order valence-electron chi connectivity index (χ2n) is 14.4. The third-order valence-electron chi connectivity index (χ3n) is 9.59. The molecular formula is C34H48N4O4. The maximum Gasteiger partial charge on any atom is 0.326 e. The van der Waals surface area contributed by atoms with Crippen molar-refractivity contribution < 1.29 is 19.4 Å². The van der Waals surface area contributed by atoms with Crippen molar-refractivity contribution >= 4 is 17.7 Å². The van der Waals surface area contributed by atoms with Gasteiger partial charge in [0.1, 0.15) is 17.6 Å². The Labute approximate surface area is 250 Å². The van der Waals surface area contributed by atoms with Gasteiger partial charge in [-0.15, -0.1) is 0 Å². The second-order valence-corrected chi connectivity index (χ2v) is 14.4. The van der Waals surface area contributed by atoms with Crippen LogP contribution >= 0.6 is 0 Å². The summed E-state index contributed by atoms with van der Waals surface area (Å²) < 4.78 is 5.76. The Bertz CT molecular complexity index is 1310. The molecule has 2 saturated heterocycles. The molecule has 42 heavy (non-hydrogen) atoms. The van der Waals surface area contributed by atoms with Crippen molar-refractivity contribution in [1.29, 1.82) is 0 Å². The molecule has 1 aromatic carbocycles. The number of amides is 1. The Hall–Kier alpha value is -3.13. The van der Waals surface area contributed by atoms with E-state index < -0.39 is 23.5 Å². The fraction of sp³-hybridized carbons (Fsp3) is 0.618. The zero-order valence-electron chi connectivity index (χ0n) is 26.3. The monoisotopic (exact) mass is 576 g/mol. The van der Waals surface area contributed by atoms with Crippen LogP contribution < -0.4 is 15.0 Å². The molecule has 0 bridgehead atoms. The highest BCUT2D eigenvalue weighted by atomic mass is 16.5. The van der Waals surface area contributed by atoms with Gasteiger partial charge in [-0.3, -0.25) is 4.79 Å². The van der Waals surface area contributed by atoms with Crippen molar-refractivity contribution in [1.82, 2.24) is 15.2 Å². The first-order valence-corrected chi connectivity index (χ1v) is 15.5. The molecule has 1 saturated carbocycles. The maximum absolute atomic E-state index is 14.2. The molecule has 2 aromatic rings. The Kier molecular flexibility index (Phi) is 8.31. The number of hydrogen-bond donors (Lipinski definition) is 2. The van der Waals surface area contributed by atoms with Crippen LogP contribution in [0.25, 0.3) is 0 Å². The summed E-state index contributed by atoms with van der Waals surface area (Å²) in [4.78, 5) is 36.2. The molecule has 1 aromatic heterocycles. The highest BCUT2D eigenvalue weighted by molar-refractivity contribution is 5.87. The van der Waals surface area contributed by atoms with E-state index in [0.717, 1.165) is 61.5 Å². The molecule has 1 aliphatic carbocycles. The van der Waals surface area contributed by atoms with E-state index >= 15 is 0 Å². The standard InChI is InChI=1S/C34H48N4O4/c1-33(2,3)23-14-15-25(42-7)22(19-23)20-36-27-26(34(4,5)6)29(32(40)41)38(31(39)21-11-8-12-21)28(27)24-13-9-16-35-30(24)37-17-10-18-37/h9,13-16,19,21,26-29,36H,8,10-12,17-18,20H2,1-7H3,(H,40,41)/t26-,27-,28-,29-/m0/s1. The molecule has 228 valence electrons. The van der Waals surface area contributed by atoms with E-state index in [9.17, 15) is 14.7 Å². The van der Waals surface area contributed by atoms with Gasteiger partial charge >= 0.3 is 5.97 Å². The maximum atomic E-state index is 14.2. The fourth-order valence-corrected chi connectivity index (χ4v) is 6.96. The van der Waals surface area contributed by atoms with E-state index in [1.807, 2.05) is 18.2 Å². The van der Waals surface area contributed by atoms with Crippen molar-refractivity contribution in [3.05, 3.63) is 53.2 Å². The number of nitrogens with zero attached hydrogens (tertiary/aromatic N) is 3. The summed E-state index contributed by atoms with van der Waals surface area (Å²) in [6, 6.07) is 8.53. The Balaban J connectivity index is 1.63. The minimum absolute atomic E-state index is 0.0346. The van der Waals surface area contributed by atoms with E-state index in [4.69, 9.17) is 9.72 Å². The summed E-state index contributed by atoms with van der Waals surface area (Å²) in [6.07, 6.45) is 5.53. The van der Waals surface area contributed by atoms with Gasteiger partial charge in [-0.25, -0.2) is 9.78 Å². The zero-order valence-corrected chi connectivity index (χ0v) is 26.3. The second kappa shape index (κ2) is 11.5. The highest BCUT2D eigenvalue weighted by Gasteiger charge is 2.59. The van der Waals surface area contributed by atoms with Crippen LogP contribution in [0, 0.1) is 17.3 Å². The molecule has 2 aliphatic heterocycles. The number of aromatic nitrogens is 1. The van der Waals surface area contributed by atoms with E-state index in [1.165, 1.54) is 5.56 Å². The third-order valence-corrected chi connectivity index (χ3v) is 9.59. The molecular weight excluding hydrogens is 528 g/mol. The zero-order chi connectivity index (χ0) is 30.4. The van der Waals surface area contributed by atoms with Crippen molar-refractivity contribution in [2.75, 3.05) is 25.1 Å². The number of aliphatic carboxylic acids is 1. The molecule has 0 unspecified atom stereocenters. The summed E-state index contributed by atoms with van der Waals surface area (Å²) in [5.74, 6) is 0.198. The van der Waals surface area contributed by atoms with E-state index in [1.54, 1.807) is 18.2 Å². The molecule has 1 amide bonds. The van der Waals surface area contributed by atoms with Crippen LogP contribution in [0.5, 0.6) is 5.75 Å². The Morgan fingerprint density at radius 1 is 1.07 bits per heavy atom. The molecule has 5 rings (SSSR count). The van der Waals surface area contributed by atoms with Crippen LogP contribution in [-0.2, 0) is 21.5 Å². The van der Waals surface area contributed by atoms with Gasteiger partial charge in [-0.05, 0) is 47.8 Å². The summed E-state index contributed by atoms with van der Waals surface area (Å²) in [5.41, 5.74) is 2.71. The Morgan fingerprint density at radius 2 is 1.79 bits per heavy atom. The summed E-state index contributed by atoms with van der Waals surface area (Å²) in [5, 5.41) is 14.6. The molecule has 0 spiro atoms. The number of pyridine rings is 1. The van der Waals surface area contributed by atoms with Crippen molar-refractivity contribution in [3.63, 3.8) is 0 Å². The molecule has 4 atom stereocenters. The number of anilines is 1. The number of benzene rings is 1. The van der Waals surface area contributed by atoms with Crippen LogP contribution in [0.1, 0.15) is 90.0 Å². The van der Waals surface area contributed by atoms with Gasteiger partial charge in [0.15, 0.2) is 0 Å². The van der Waals surface area contributed by atoms with Gasteiger partial charge in [0.25, 0.3) is 0 Å². The van der Waals surface area contributed by atoms with Crippen LogP contribution in [0.2, 0.25) is 0 Å².